The second-order valence-corrected chi connectivity index (χ2v) is 5.90. The summed E-state index contributed by atoms with van der Waals surface area (Å²) in [7, 11) is 0. The molecule has 2 atom stereocenters. The molecule has 0 amide bonds. The lowest BCUT2D eigenvalue weighted by Crippen LogP contribution is -2.42. The average molecular weight is 313 g/mol. The molecule has 1 aliphatic rings. The van der Waals surface area contributed by atoms with Crippen LogP contribution in [0.4, 0.5) is 5.69 Å². The molecule has 2 unspecified atom stereocenters. The Labute approximate surface area is 129 Å². The quantitative estimate of drug-likeness (QED) is 0.584. The van der Waals surface area contributed by atoms with Crippen molar-refractivity contribution in [2.24, 2.45) is 5.92 Å². The number of nitrogens with two attached hydrogens (primary N) is 1. The topological polar surface area (TPSA) is 84.6 Å². The van der Waals surface area contributed by atoms with E-state index in [9.17, 15) is 9.90 Å². The minimum Gasteiger partial charge on any atom is -0.462 e. The minimum absolute atomic E-state index is 0.0270. The van der Waals surface area contributed by atoms with Crippen LogP contribution in [0.3, 0.4) is 0 Å². The fraction of sp³-hybridized carbons (Fsp3) is 0.533. The van der Waals surface area contributed by atoms with Gasteiger partial charge in [0, 0.05) is 12.5 Å². The Balaban J connectivity index is 2.07. The molecule has 0 saturated carbocycles. The maximum Gasteiger partial charge on any atom is 0.338 e. The average Bonchev–Trinajstić information content (AvgIpc) is 2.47. The van der Waals surface area contributed by atoms with Gasteiger partial charge in [0.2, 0.25) is 0 Å². The van der Waals surface area contributed by atoms with E-state index in [1.54, 1.807) is 6.07 Å². The Morgan fingerprint density at radius 1 is 1.52 bits per heavy atom. The molecule has 0 aromatic heterocycles. The summed E-state index contributed by atoms with van der Waals surface area (Å²) in [6.45, 7) is 5.21. The van der Waals surface area contributed by atoms with Crippen molar-refractivity contribution in [2.75, 3.05) is 25.4 Å². The number of benzene rings is 1. The monoisotopic (exact) mass is 312 g/mol. The van der Waals surface area contributed by atoms with Crippen molar-refractivity contribution < 1.29 is 14.6 Å². The number of aliphatic hydroxyl groups excluding tert-OH is 1. The molecule has 1 aromatic rings. The van der Waals surface area contributed by atoms with Crippen LogP contribution in [0, 0.1) is 19.8 Å². The molecule has 4 N–H and O–H groups in total. The summed E-state index contributed by atoms with van der Waals surface area (Å²) in [5.41, 5.74) is 8.31. The van der Waals surface area contributed by atoms with Crippen molar-refractivity contribution in [3.63, 3.8) is 0 Å². The lowest BCUT2D eigenvalue weighted by atomic mass is 9.96. The number of carbonyl (C=O) groups excluding carboxylic acids is 1. The van der Waals surface area contributed by atoms with E-state index in [2.05, 4.69) is 5.32 Å². The van der Waals surface area contributed by atoms with Crippen molar-refractivity contribution in [1.82, 2.24) is 5.32 Å². The van der Waals surface area contributed by atoms with E-state index >= 15 is 0 Å². The first-order chi connectivity index (χ1) is 9.91. The number of rotatable bonds is 3. The second kappa shape index (κ2) is 6.64. The molecule has 0 bridgehead atoms. The molecule has 5 nitrogen and oxygen atoms in total. The summed E-state index contributed by atoms with van der Waals surface area (Å²) < 4.78 is 5.34. The highest BCUT2D eigenvalue weighted by atomic mass is 35.5. The van der Waals surface area contributed by atoms with Gasteiger partial charge in [-0.1, -0.05) is 11.6 Å². The van der Waals surface area contributed by atoms with E-state index in [1.807, 2.05) is 13.8 Å². The molecule has 6 heteroatoms. The molecule has 2 rings (SSSR count). The molecule has 116 valence electrons. The fourth-order valence-corrected chi connectivity index (χ4v) is 2.71. The van der Waals surface area contributed by atoms with Gasteiger partial charge in [0.25, 0.3) is 0 Å². The summed E-state index contributed by atoms with van der Waals surface area (Å²) >= 11 is 6.03. The number of anilines is 1. The number of hydrogen-bond donors (Lipinski definition) is 3. The number of nitrogens with one attached hydrogen (secondary N) is 1. The molecule has 0 aliphatic carbocycles. The smallest absolute Gasteiger partial charge is 0.338 e. The first kappa shape index (κ1) is 16.1. The number of hydrogen-bond acceptors (Lipinski definition) is 5. The Morgan fingerprint density at radius 2 is 2.24 bits per heavy atom. The Hall–Kier alpha value is -1.30. The highest BCUT2D eigenvalue weighted by Crippen LogP contribution is 2.28. The number of piperidine rings is 1. The van der Waals surface area contributed by atoms with Gasteiger partial charge in [-0.2, -0.15) is 0 Å². The fourth-order valence-electron chi connectivity index (χ4n) is 2.46. The molecule has 0 radical (unpaired) electrons. The molecular formula is C15H21ClN2O3. The molecule has 21 heavy (non-hydrogen) atoms. The van der Waals surface area contributed by atoms with E-state index in [1.165, 1.54) is 0 Å². The third-order valence-corrected chi connectivity index (χ3v) is 4.45. The van der Waals surface area contributed by atoms with Gasteiger partial charge >= 0.3 is 5.97 Å². The van der Waals surface area contributed by atoms with E-state index in [0.717, 1.165) is 24.1 Å². The first-order valence-corrected chi connectivity index (χ1v) is 7.40. The standard InChI is InChI=1S/C15H21ClN2O3/c1-8-9(2)14(17)12(16)5-11(8)15(20)21-7-10-3-4-18-6-13(10)19/h5,10,13,18-19H,3-4,6-7,17H2,1-2H3. The lowest BCUT2D eigenvalue weighted by Gasteiger charge is -2.27. The van der Waals surface area contributed by atoms with Gasteiger partial charge in [0.05, 0.1) is 29.0 Å². The molecular weight excluding hydrogens is 292 g/mol. The number of carbonyl (C=O) groups is 1. The zero-order chi connectivity index (χ0) is 15.6. The predicted octanol–water partition coefficient (Wildman–Crippen LogP) is 1.67. The van der Waals surface area contributed by atoms with E-state index in [-0.39, 0.29) is 12.5 Å². The third kappa shape index (κ3) is 3.48. The summed E-state index contributed by atoms with van der Waals surface area (Å²) in [5.74, 6) is -0.455. The van der Waals surface area contributed by atoms with Crippen molar-refractivity contribution in [3.05, 3.63) is 27.8 Å². The van der Waals surface area contributed by atoms with Crippen molar-refractivity contribution in [1.29, 1.82) is 0 Å². The third-order valence-electron chi connectivity index (χ3n) is 4.14. The van der Waals surface area contributed by atoms with Crippen LogP contribution in [-0.4, -0.2) is 36.9 Å². The maximum absolute atomic E-state index is 12.2. The van der Waals surface area contributed by atoms with Crippen LogP contribution in [0.5, 0.6) is 0 Å². The highest BCUT2D eigenvalue weighted by molar-refractivity contribution is 6.33. The normalized spacial score (nSPS) is 22.1. The second-order valence-electron chi connectivity index (χ2n) is 5.49. The molecule has 1 aliphatic heterocycles. The van der Waals surface area contributed by atoms with Crippen LogP contribution >= 0.6 is 11.6 Å². The number of ether oxygens (including phenoxy) is 1. The van der Waals surface area contributed by atoms with Crippen molar-refractivity contribution in [3.8, 4) is 0 Å². The summed E-state index contributed by atoms with van der Waals surface area (Å²) in [5, 5.41) is 13.3. The van der Waals surface area contributed by atoms with Gasteiger partial charge in [-0.25, -0.2) is 4.79 Å². The molecule has 1 fully saturated rings. The van der Waals surface area contributed by atoms with Crippen LogP contribution < -0.4 is 11.1 Å². The van der Waals surface area contributed by atoms with Gasteiger partial charge in [0.1, 0.15) is 0 Å². The van der Waals surface area contributed by atoms with E-state index in [4.69, 9.17) is 22.1 Å². The summed E-state index contributed by atoms with van der Waals surface area (Å²) in [6.07, 6.45) is 0.305. The number of β-amino-alcohol motifs (C(OH)–C–C–N with tert-alkyl or cyclic N) is 1. The zero-order valence-corrected chi connectivity index (χ0v) is 13.0. The van der Waals surface area contributed by atoms with Gasteiger partial charge in [-0.15, -0.1) is 0 Å². The lowest BCUT2D eigenvalue weighted by molar-refractivity contribution is 0.0136. The number of halogens is 1. The van der Waals surface area contributed by atoms with Crippen molar-refractivity contribution in [2.45, 2.75) is 26.4 Å². The van der Waals surface area contributed by atoms with Gasteiger partial charge in [0.15, 0.2) is 0 Å². The highest BCUT2D eigenvalue weighted by Gasteiger charge is 2.25. The SMILES string of the molecule is Cc1c(C(=O)OCC2CCNCC2O)cc(Cl)c(N)c1C. The van der Waals surface area contributed by atoms with Crippen LogP contribution in [0.2, 0.25) is 5.02 Å². The van der Waals surface area contributed by atoms with Crippen LogP contribution in [0.25, 0.3) is 0 Å². The Morgan fingerprint density at radius 3 is 2.90 bits per heavy atom. The largest absolute Gasteiger partial charge is 0.462 e. The number of esters is 1. The van der Waals surface area contributed by atoms with E-state index in [0.29, 0.717) is 22.8 Å². The van der Waals surface area contributed by atoms with Gasteiger partial charge in [-0.05, 0) is 44.0 Å². The number of aliphatic hydroxyl groups is 1. The molecule has 1 heterocycles. The predicted molar refractivity (Wildman–Crippen MR) is 82.6 cm³/mol. The summed E-state index contributed by atoms with van der Waals surface area (Å²) in [4.78, 5) is 12.2. The molecule has 0 spiro atoms. The maximum atomic E-state index is 12.2. The van der Waals surface area contributed by atoms with Gasteiger partial charge < -0.3 is 20.9 Å². The van der Waals surface area contributed by atoms with E-state index < -0.39 is 12.1 Å². The van der Waals surface area contributed by atoms with Crippen LogP contribution in [0.1, 0.15) is 27.9 Å². The minimum atomic E-state index is -0.482. The molecule has 1 aromatic carbocycles. The number of nitrogen functional groups attached to an aromatic ring is 1. The molecule has 1 saturated heterocycles. The van der Waals surface area contributed by atoms with Crippen LogP contribution in [-0.2, 0) is 4.74 Å². The Kier molecular flexibility index (Phi) is 5.08. The first-order valence-electron chi connectivity index (χ1n) is 7.03. The Bertz CT molecular complexity index is 548. The zero-order valence-electron chi connectivity index (χ0n) is 12.3. The van der Waals surface area contributed by atoms with Crippen LogP contribution in [0.15, 0.2) is 6.07 Å². The van der Waals surface area contributed by atoms with Gasteiger partial charge in [-0.3, -0.25) is 0 Å². The van der Waals surface area contributed by atoms with Crippen molar-refractivity contribution >= 4 is 23.3 Å². The summed E-state index contributed by atoms with van der Waals surface area (Å²) in [6, 6.07) is 1.54.